The van der Waals surface area contributed by atoms with Crippen LogP contribution in [0.3, 0.4) is 0 Å². The van der Waals surface area contributed by atoms with Crippen molar-refractivity contribution in [2.24, 2.45) is 0 Å². The minimum atomic E-state index is 0.0553. The van der Waals surface area contributed by atoms with Crippen LogP contribution in [0.15, 0.2) is 46.9 Å². The van der Waals surface area contributed by atoms with Crippen molar-refractivity contribution in [1.29, 1.82) is 0 Å². The fraction of sp³-hybridized carbons (Fsp3) is 0.143. The average molecular weight is 326 g/mol. The van der Waals surface area contributed by atoms with E-state index in [1.54, 1.807) is 0 Å². The molecule has 2 rings (SSSR count). The highest BCUT2D eigenvalue weighted by molar-refractivity contribution is 9.10. The quantitative estimate of drug-likeness (QED) is 0.837. The van der Waals surface area contributed by atoms with Gasteiger partial charge in [-0.05, 0) is 48.5 Å². The van der Waals surface area contributed by atoms with Gasteiger partial charge in [0.1, 0.15) is 0 Å². The monoisotopic (exact) mass is 324 g/mol. The molecule has 0 aliphatic carbocycles. The van der Waals surface area contributed by atoms with E-state index in [2.05, 4.69) is 21.2 Å². The molecule has 1 unspecified atom stereocenters. The minimum absolute atomic E-state index is 0.0553. The van der Waals surface area contributed by atoms with Crippen LogP contribution in [0.2, 0.25) is 5.02 Å². The lowest BCUT2D eigenvalue weighted by atomic mass is 9.97. The van der Waals surface area contributed by atoms with Gasteiger partial charge in [-0.1, -0.05) is 39.7 Å². The van der Waals surface area contributed by atoms with Crippen LogP contribution in [0.25, 0.3) is 0 Å². The molecule has 0 saturated carbocycles. The van der Waals surface area contributed by atoms with Gasteiger partial charge < -0.3 is 11.1 Å². The highest BCUT2D eigenvalue weighted by Gasteiger charge is 2.14. The van der Waals surface area contributed by atoms with Crippen molar-refractivity contribution in [3.63, 3.8) is 0 Å². The fourth-order valence-corrected chi connectivity index (χ4v) is 2.46. The molecule has 0 bridgehead atoms. The van der Waals surface area contributed by atoms with Crippen LogP contribution in [0.1, 0.15) is 17.2 Å². The van der Waals surface area contributed by atoms with E-state index in [-0.39, 0.29) is 6.04 Å². The molecule has 2 aromatic rings. The third-order valence-corrected chi connectivity index (χ3v) is 3.60. The van der Waals surface area contributed by atoms with Crippen molar-refractivity contribution in [2.75, 3.05) is 12.8 Å². The van der Waals surface area contributed by atoms with Crippen LogP contribution in [-0.2, 0) is 0 Å². The number of halogens is 2. The Bertz CT molecular complexity index is 540. The molecule has 4 heteroatoms. The molecule has 0 aliphatic heterocycles. The molecule has 0 aromatic heterocycles. The van der Waals surface area contributed by atoms with E-state index in [0.717, 1.165) is 26.3 Å². The summed E-state index contributed by atoms with van der Waals surface area (Å²) in [7, 11) is 1.92. The number of benzene rings is 2. The summed E-state index contributed by atoms with van der Waals surface area (Å²) in [4.78, 5) is 0. The van der Waals surface area contributed by atoms with E-state index in [4.69, 9.17) is 17.3 Å². The van der Waals surface area contributed by atoms with Crippen molar-refractivity contribution in [3.05, 3.63) is 63.1 Å². The van der Waals surface area contributed by atoms with Gasteiger partial charge in [0.25, 0.3) is 0 Å². The zero-order valence-electron chi connectivity index (χ0n) is 9.95. The Kier molecular flexibility index (Phi) is 4.27. The second kappa shape index (κ2) is 5.74. The Balaban J connectivity index is 2.44. The number of anilines is 1. The van der Waals surface area contributed by atoms with Crippen LogP contribution in [0, 0.1) is 0 Å². The summed E-state index contributed by atoms with van der Waals surface area (Å²) in [6.45, 7) is 0. The van der Waals surface area contributed by atoms with Gasteiger partial charge in [-0.2, -0.15) is 0 Å². The van der Waals surface area contributed by atoms with Gasteiger partial charge >= 0.3 is 0 Å². The van der Waals surface area contributed by atoms with Crippen molar-refractivity contribution >= 4 is 33.2 Å². The van der Waals surface area contributed by atoms with E-state index in [9.17, 15) is 0 Å². The molecular formula is C14H14BrClN2. The third kappa shape index (κ3) is 2.86. The fourth-order valence-electron chi connectivity index (χ4n) is 1.95. The maximum atomic E-state index is 6.05. The van der Waals surface area contributed by atoms with Crippen molar-refractivity contribution < 1.29 is 0 Å². The lowest BCUT2D eigenvalue weighted by molar-refractivity contribution is 0.693. The lowest BCUT2D eigenvalue weighted by Crippen LogP contribution is -2.19. The molecule has 1 atom stereocenters. The molecule has 18 heavy (non-hydrogen) atoms. The predicted molar refractivity (Wildman–Crippen MR) is 80.9 cm³/mol. The van der Waals surface area contributed by atoms with Gasteiger partial charge in [-0.25, -0.2) is 0 Å². The molecule has 3 N–H and O–H groups in total. The normalized spacial score (nSPS) is 12.4. The van der Waals surface area contributed by atoms with Crippen LogP contribution in [0.5, 0.6) is 0 Å². The highest BCUT2D eigenvalue weighted by atomic mass is 79.9. The van der Waals surface area contributed by atoms with E-state index in [0.29, 0.717) is 0 Å². The number of hydrogen-bond acceptors (Lipinski definition) is 2. The standard InChI is InChI=1S/C14H14BrClN2/c1-18-14(9-2-5-11(16)6-3-9)12-8-10(15)4-7-13(12)17/h2-8,14,18H,17H2,1H3. The minimum Gasteiger partial charge on any atom is -0.398 e. The van der Waals surface area contributed by atoms with Gasteiger partial charge in [0.05, 0.1) is 6.04 Å². The molecule has 0 aliphatic rings. The molecule has 2 nitrogen and oxygen atoms in total. The van der Waals surface area contributed by atoms with E-state index in [1.807, 2.05) is 49.5 Å². The Morgan fingerprint density at radius 3 is 2.44 bits per heavy atom. The van der Waals surface area contributed by atoms with E-state index in [1.165, 1.54) is 0 Å². The second-order valence-electron chi connectivity index (χ2n) is 4.05. The third-order valence-electron chi connectivity index (χ3n) is 2.85. The van der Waals surface area contributed by atoms with Crippen LogP contribution in [-0.4, -0.2) is 7.05 Å². The summed E-state index contributed by atoms with van der Waals surface area (Å²) in [5, 5.41) is 4.01. The predicted octanol–water partition coefficient (Wildman–Crippen LogP) is 3.99. The Labute approximate surface area is 120 Å². The molecular weight excluding hydrogens is 312 g/mol. The maximum Gasteiger partial charge on any atom is 0.0595 e. The maximum absolute atomic E-state index is 6.05. The van der Waals surface area contributed by atoms with Gasteiger partial charge in [-0.15, -0.1) is 0 Å². The molecule has 0 spiro atoms. The summed E-state index contributed by atoms with van der Waals surface area (Å²) in [6.07, 6.45) is 0. The largest absolute Gasteiger partial charge is 0.398 e. The number of nitrogens with two attached hydrogens (primary N) is 1. The first-order valence-corrected chi connectivity index (χ1v) is 6.76. The molecule has 0 amide bonds. The Morgan fingerprint density at radius 1 is 1.17 bits per heavy atom. The zero-order chi connectivity index (χ0) is 13.1. The van der Waals surface area contributed by atoms with Gasteiger partial charge in [0, 0.05) is 15.2 Å². The first kappa shape index (κ1) is 13.4. The summed E-state index contributed by atoms with van der Waals surface area (Å²) in [5.41, 5.74) is 9.00. The van der Waals surface area contributed by atoms with Crippen molar-refractivity contribution in [1.82, 2.24) is 5.32 Å². The number of rotatable bonds is 3. The van der Waals surface area contributed by atoms with E-state index < -0.39 is 0 Å². The number of hydrogen-bond donors (Lipinski definition) is 2. The molecule has 0 saturated heterocycles. The summed E-state index contributed by atoms with van der Waals surface area (Å²) >= 11 is 9.38. The van der Waals surface area contributed by atoms with Crippen molar-refractivity contribution in [3.8, 4) is 0 Å². The van der Waals surface area contributed by atoms with Gasteiger partial charge in [0.15, 0.2) is 0 Å². The summed E-state index contributed by atoms with van der Waals surface area (Å²) < 4.78 is 1.01. The molecule has 0 heterocycles. The molecule has 94 valence electrons. The van der Waals surface area contributed by atoms with E-state index >= 15 is 0 Å². The lowest BCUT2D eigenvalue weighted by Gasteiger charge is -2.19. The first-order chi connectivity index (χ1) is 8.61. The van der Waals surface area contributed by atoms with Gasteiger partial charge in [-0.3, -0.25) is 0 Å². The summed E-state index contributed by atoms with van der Waals surface area (Å²) in [5.74, 6) is 0. The topological polar surface area (TPSA) is 38.0 Å². The summed E-state index contributed by atoms with van der Waals surface area (Å²) in [6, 6.07) is 13.7. The van der Waals surface area contributed by atoms with Gasteiger partial charge in [0.2, 0.25) is 0 Å². The molecule has 0 radical (unpaired) electrons. The Hall–Kier alpha value is -1.03. The smallest absolute Gasteiger partial charge is 0.0595 e. The molecule has 0 fully saturated rings. The average Bonchev–Trinajstić information content (AvgIpc) is 2.37. The SMILES string of the molecule is CNC(c1ccc(Cl)cc1)c1cc(Br)ccc1N. The van der Waals surface area contributed by atoms with Crippen molar-refractivity contribution in [2.45, 2.75) is 6.04 Å². The highest BCUT2D eigenvalue weighted by Crippen LogP contribution is 2.29. The number of nitrogen functional groups attached to an aromatic ring is 1. The molecule has 2 aromatic carbocycles. The zero-order valence-corrected chi connectivity index (χ0v) is 12.3. The van der Waals surface area contributed by atoms with Crippen LogP contribution < -0.4 is 11.1 Å². The number of nitrogens with one attached hydrogen (secondary N) is 1. The Morgan fingerprint density at radius 2 is 1.83 bits per heavy atom. The first-order valence-electron chi connectivity index (χ1n) is 5.59. The second-order valence-corrected chi connectivity index (χ2v) is 5.40. The van der Waals surface area contributed by atoms with Crippen LogP contribution >= 0.6 is 27.5 Å². The van der Waals surface area contributed by atoms with Crippen LogP contribution in [0.4, 0.5) is 5.69 Å².